The third-order valence-corrected chi connectivity index (χ3v) is 5.25. The van der Waals surface area contributed by atoms with Gasteiger partial charge in [0.25, 0.3) is 0 Å². The third kappa shape index (κ3) is 3.95. The van der Waals surface area contributed by atoms with E-state index < -0.39 is 0 Å². The van der Waals surface area contributed by atoms with E-state index in [0.717, 1.165) is 37.6 Å². The number of aryl methyl sites for hydroxylation is 1. The summed E-state index contributed by atoms with van der Waals surface area (Å²) in [6.45, 7) is 10.4. The summed E-state index contributed by atoms with van der Waals surface area (Å²) in [6, 6.07) is 4.32. The van der Waals surface area contributed by atoms with Crippen molar-refractivity contribution < 1.29 is 0 Å². The highest BCUT2D eigenvalue weighted by Crippen LogP contribution is 2.29. The number of nitrogens with one attached hydrogen (secondary N) is 1. The zero-order valence-corrected chi connectivity index (χ0v) is 14.5. The van der Waals surface area contributed by atoms with Crippen LogP contribution in [0.3, 0.4) is 0 Å². The molecule has 0 atom stereocenters. The Morgan fingerprint density at radius 2 is 1.82 bits per heavy atom. The maximum Gasteiger partial charge on any atom is 0.0429 e. The Balaban J connectivity index is 1.66. The van der Waals surface area contributed by atoms with E-state index in [2.05, 4.69) is 34.2 Å². The summed E-state index contributed by atoms with van der Waals surface area (Å²) in [6.07, 6.45) is 5.14. The van der Waals surface area contributed by atoms with Crippen molar-refractivity contribution in [2.75, 3.05) is 50.7 Å². The Morgan fingerprint density at radius 3 is 2.55 bits per heavy atom. The van der Waals surface area contributed by atoms with Gasteiger partial charge in [-0.05, 0) is 75.5 Å². The lowest BCUT2D eigenvalue weighted by Gasteiger charge is -2.31. The highest BCUT2D eigenvalue weighted by molar-refractivity contribution is 6.31. The van der Waals surface area contributed by atoms with E-state index in [0.29, 0.717) is 0 Å². The fraction of sp³-hybridized carbons (Fsp3) is 0.667. The first-order chi connectivity index (χ1) is 10.7. The summed E-state index contributed by atoms with van der Waals surface area (Å²) < 4.78 is 0. The van der Waals surface area contributed by atoms with E-state index in [9.17, 15) is 0 Å². The van der Waals surface area contributed by atoms with Crippen molar-refractivity contribution in [1.82, 2.24) is 10.2 Å². The zero-order chi connectivity index (χ0) is 15.4. The molecule has 22 heavy (non-hydrogen) atoms. The van der Waals surface area contributed by atoms with Crippen molar-refractivity contribution in [2.24, 2.45) is 0 Å². The average Bonchev–Trinajstić information content (AvgIpc) is 3.04. The summed E-state index contributed by atoms with van der Waals surface area (Å²) in [5.74, 6) is 0. The molecule has 3 nitrogen and oxygen atoms in total. The zero-order valence-electron chi connectivity index (χ0n) is 13.7. The molecule has 0 unspecified atom stereocenters. The molecule has 4 heteroatoms. The van der Waals surface area contributed by atoms with Crippen LogP contribution >= 0.6 is 11.6 Å². The molecule has 0 saturated carbocycles. The van der Waals surface area contributed by atoms with Crippen molar-refractivity contribution in [3.8, 4) is 0 Å². The predicted octanol–water partition coefficient (Wildman–Crippen LogP) is 3.09. The normalized spacial score (nSPS) is 19.8. The molecule has 3 rings (SSSR count). The molecule has 2 heterocycles. The minimum Gasteiger partial charge on any atom is -0.369 e. The SMILES string of the molecule is Cc1c(CCCN2CCCC2)cc(Cl)cc1N1CCNCC1. The number of nitrogens with zero attached hydrogens (tertiary/aromatic N) is 2. The largest absolute Gasteiger partial charge is 0.369 e. The molecule has 0 bridgehead atoms. The summed E-state index contributed by atoms with van der Waals surface area (Å²) >= 11 is 6.39. The Labute approximate surface area is 139 Å². The molecule has 0 radical (unpaired) electrons. The van der Waals surface area contributed by atoms with Gasteiger partial charge in [-0.15, -0.1) is 0 Å². The van der Waals surface area contributed by atoms with E-state index in [4.69, 9.17) is 11.6 Å². The van der Waals surface area contributed by atoms with Crippen LogP contribution in [0.5, 0.6) is 0 Å². The lowest BCUT2D eigenvalue weighted by atomic mass is 10.0. The number of likely N-dealkylation sites (tertiary alicyclic amines) is 1. The number of halogens is 1. The van der Waals surface area contributed by atoms with Gasteiger partial charge in [-0.25, -0.2) is 0 Å². The van der Waals surface area contributed by atoms with E-state index in [1.807, 2.05) is 0 Å². The van der Waals surface area contributed by atoms with Crippen LogP contribution in [0.2, 0.25) is 5.02 Å². The van der Waals surface area contributed by atoms with Gasteiger partial charge in [0.15, 0.2) is 0 Å². The molecule has 0 spiro atoms. The topological polar surface area (TPSA) is 18.5 Å². The van der Waals surface area contributed by atoms with E-state index in [1.165, 1.54) is 55.7 Å². The summed E-state index contributed by atoms with van der Waals surface area (Å²) in [5.41, 5.74) is 4.19. The molecule has 0 aromatic heterocycles. The second-order valence-corrected chi connectivity index (χ2v) is 7.03. The molecule has 2 aliphatic heterocycles. The van der Waals surface area contributed by atoms with E-state index >= 15 is 0 Å². The highest BCUT2D eigenvalue weighted by Gasteiger charge is 2.16. The fourth-order valence-electron chi connectivity index (χ4n) is 3.71. The number of hydrogen-bond acceptors (Lipinski definition) is 3. The second-order valence-electron chi connectivity index (χ2n) is 6.60. The van der Waals surface area contributed by atoms with Crippen molar-refractivity contribution in [3.05, 3.63) is 28.3 Å². The number of benzene rings is 1. The summed E-state index contributed by atoms with van der Waals surface area (Å²) in [4.78, 5) is 5.07. The molecule has 122 valence electrons. The molecule has 0 amide bonds. The van der Waals surface area contributed by atoms with Crippen molar-refractivity contribution in [3.63, 3.8) is 0 Å². The van der Waals surface area contributed by atoms with Gasteiger partial charge in [-0.2, -0.15) is 0 Å². The minimum absolute atomic E-state index is 0.885. The standard InChI is InChI=1S/C18H28ClN3/c1-15-16(5-4-10-21-8-2-3-9-21)13-17(19)14-18(15)22-11-6-20-7-12-22/h13-14,20H,2-12H2,1H3. The van der Waals surface area contributed by atoms with Crippen LogP contribution < -0.4 is 10.2 Å². The predicted molar refractivity (Wildman–Crippen MR) is 95.3 cm³/mol. The number of hydrogen-bond donors (Lipinski definition) is 1. The lowest BCUT2D eigenvalue weighted by Crippen LogP contribution is -2.43. The third-order valence-electron chi connectivity index (χ3n) is 5.03. The van der Waals surface area contributed by atoms with Gasteiger partial charge >= 0.3 is 0 Å². The first-order valence-electron chi connectivity index (χ1n) is 8.71. The van der Waals surface area contributed by atoms with Gasteiger partial charge < -0.3 is 15.1 Å². The van der Waals surface area contributed by atoms with Crippen LogP contribution in [0.15, 0.2) is 12.1 Å². The minimum atomic E-state index is 0.885. The molecule has 2 saturated heterocycles. The average molecular weight is 322 g/mol. The molecule has 2 aliphatic rings. The molecule has 1 N–H and O–H groups in total. The second kappa shape index (κ2) is 7.67. The highest BCUT2D eigenvalue weighted by atomic mass is 35.5. The Morgan fingerprint density at radius 1 is 1.09 bits per heavy atom. The first kappa shape index (κ1) is 16.1. The van der Waals surface area contributed by atoms with Crippen LogP contribution in [-0.4, -0.2) is 50.7 Å². The lowest BCUT2D eigenvalue weighted by molar-refractivity contribution is 0.334. The fourth-order valence-corrected chi connectivity index (χ4v) is 3.95. The van der Waals surface area contributed by atoms with Gasteiger partial charge in [0.05, 0.1) is 0 Å². The number of rotatable bonds is 5. The maximum atomic E-state index is 6.39. The molecule has 2 fully saturated rings. The van der Waals surface area contributed by atoms with E-state index in [-0.39, 0.29) is 0 Å². The van der Waals surface area contributed by atoms with Gasteiger partial charge in [0, 0.05) is 36.9 Å². The van der Waals surface area contributed by atoms with Gasteiger partial charge in [-0.1, -0.05) is 11.6 Å². The van der Waals surface area contributed by atoms with Gasteiger partial charge in [-0.3, -0.25) is 0 Å². The Bertz CT molecular complexity index is 491. The number of anilines is 1. The summed E-state index contributed by atoms with van der Waals surface area (Å²) in [7, 11) is 0. The molecule has 1 aromatic carbocycles. The quantitative estimate of drug-likeness (QED) is 0.899. The van der Waals surface area contributed by atoms with Crippen LogP contribution in [-0.2, 0) is 6.42 Å². The number of piperazine rings is 1. The monoisotopic (exact) mass is 321 g/mol. The molecule has 0 aliphatic carbocycles. The van der Waals surface area contributed by atoms with Gasteiger partial charge in [0.2, 0.25) is 0 Å². The molecule has 1 aromatic rings. The van der Waals surface area contributed by atoms with Crippen LogP contribution in [0.25, 0.3) is 0 Å². The summed E-state index contributed by atoms with van der Waals surface area (Å²) in [5, 5.41) is 4.30. The van der Waals surface area contributed by atoms with Crippen molar-refractivity contribution in [2.45, 2.75) is 32.6 Å². The smallest absolute Gasteiger partial charge is 0.0429 e. The van der Waals surface area contributed by atoms with Crippen LogP contribution in [0, 0.1) is 6.92 Å². The van der Waals surface area contributed by atoms with E-state index in [1.54, 1.807) is 0 Å². The molecular weight excluding hydrogens is 294 g/mol. The Hall–Kier alpha value is -0.770. The Kier molecular flexibility index (Phi) is 5.61. The van der Waals surface area contributed by atoms with Crippen molar-refractivity contribution in [1.29, 1.82) is 0 Å². The molecular formula is C18H28ClN3. The first-order valence-corrected chi connectivity index (χ1v) is 9.09. The van der Waals surface area contributed by atoms with Gasteiger partial charge in [0.1, 0.15) is 0 Å². The van der Waals surface area contributed by atoms with Crippen molar-refractivity contribution >= 4 is 17.3 Å². The van der Waals surface area contributed by atoms with Crippen LogP contribution in [0.4, 0.5) is 5.69 Å². The van der Waals surface area contributed by atoms with Crippen LogP contribution in [0.1, 0.15) is 30.4 Å². The maximum absolute atomic E-state index is 6.39.